The third-order valence-electron chi connectivity index (χ3n) is 2.18. The summed E-state index contributed by atoms with van der Waals surface area (Å²) in [6, 6.07) is 3.71. The molecule has 0 saturated carbocycles. The van der Waals surface area contributed by atoms with Crippen LogP contribution in [0.15, 0.2) is 18.3 Å². The maximum atomic E-state index is 12.0. The van der Waals surface area contributed by atoms with Crippen molar-refractivity contribution in [1.82, 2.24) is 10.3 Å². The second kappa shape index (κ2) is 9.00. The van der Waals surface area contributed by atoms with Gasteiger partial charge in [0.05, 0.1) is 5.56 Å². The molecule has 0 fully saturated rings. The smallest absolute Gasteiger partial charge is 0.255 e. The van der Waals surface area contributed by atoms with E-state index in [1.54, 1.807) is 18.3 Å². The monoisotopic (exact) mass is 322 g/mol. The molecule has 0 unspecified atom stereocenters. The molecule has 0 radical (unpaired) electrons. The largest absolute Gasteiger partial charge is 0.367 e. The van der Waals surface area contributed by atoms with Crippen LogP contribution in [0.2, 0.25) is 0 Å². The topological polar surface area (TPSA) is 80.0 Å². The first kappa shape index (κ1) is 21.3. The number of aromatic nitrogens is 1. The molecule has 1 amide bonds. The van der Waals surface area contributed by atoms with E-state index in [-0.39, 0.29) is 36.8 Å². The quantitative estimate of drug-likeness (QED) is 0.776. The first-order valence-corrected chi connectivity index (χ1v) is 6.08. The fourth-order valence-electron chi connectivity index (χ4n) is 1.38. The van der Waals surface area contributed by atoms with Gasteiger partial charge in [0.15, 0.2) is 0 Å². The van der Waals surface area contributed by atoms with Crippen molar-refractivity contribution in [2.75, 3.05) is 11.9 Å². The van der Waals surface area contributed by atoms with Gasteiger partial charge in [0.25, 0.3) is 5.91 Å². The zero-order valence-electron chi connectivity index (χ0n) is 12.3. The lowest BCUT2D eigenvalue weighted by Crippen LogP contribution is -2.45. The molecule has 4 N–H and O–H groups in total. The van der Waals surface area contributed by atoms with E-state index in [0.717, 1.165) is 0 Å². The molecule has 0 saturated heterocycles. The average molecular weight is 323 g/mol. The Bertz CT molecular complexity index is 419. The molecule has 5 nitrogen and oxygen atoms in total. The Morgan fingerprint density at radius 2 is 2.00 bits per heavy atom. The van der Waals surface area contributed by atoms with E-state index < -0.39 is 5.54 Å². The molecule has 20 heavy (non-hydrogen) atoms. The number of rotatable bonds is 5. The lowest BCUT2D eigenvalue weighted by Gasteiger charge is -2.19. The normalized spacial score (nSPS) is 10.3. The fraction of sp³-hybridized carbons (Fsp3) is 0.538. The van der Waals surface area contributed by atoms with Crippen molar-refractivity contribution in [2.45, 2.75) is 39.3 Å². The van der Waals surface area contributed by atoms with Crippen LogP contribution < -0.4 is 16.4 Å². The molecule has 0 aliphatic rings. The lowest BCUT2D eigenvalue weighted by atomic mass is 10.1. The van der Waals surface area contributed by atoms with Gasteiger partial charge in [-0.15, -0.1) is 24.8 Å². The molecule has 1 heterocycles. The van der Waals surface area contributed by atoms with Crippen molar-refractivity contribution in [2.24, 2.45) is 5.73 Å². The van der Waals surface area contributed by atoms with Crippen LogP contribution in [0.1, 0.15) is 38.1 Å². The van der Waals surface area contributed by atoms with Crippen LogP contribution in [-0.2, 0) is 0 Å². The Morgan fingerprint density at radius 1 is 1.40 bits per heavy atom. The van der Waals surface area contributed by atoms with Gasteiger partial charge in [-0.2, -0.15) is 0 Å². The van der Waals surface area contributed by atoms with E-state index in [4.69, 9.17) is 5.73 Å². The summed E-state index contributed by atoms with van der Waals surface area (Å²) in [6.07, 6.45) is 1.66. The van der Waals surface area contributed by atoms with Gasteiger partial charge < -0.3 is 16.4 Å². The maximum absolute atomic E-state index is 12.0. The van der Waals surface area contributed by atoms with Gasteiger partial charge in [0, 0.05) is 24.3 Å². The van der Waals surface area contributed by atoms with Gasteiger partial charge in [0.1, 0.15) is 5.82 Å². The highest BCUT2D eigenvalue weighted by Crippen LogP contribution is 2.12. The Hall–Kier alpha value is -1.04. The molecule has 1 aromatic heterocycles. The number of hydrogen-bond acceptors (Lipinski definition) is 4. The van der Waals surface area contributed by atoms with E-state index in [1.807, 2.05) is 27.7 Å². The number of halogens is 2. The Morgan fingerprint density at radius 3 is 2.50 bits per heavy atom. The van der Waals surface area contributed by atoms with Gasteiger partial charge >= 0.3 is 0 Å². The third-order valence-corrected chi connectivity index (χ3v) is 2.18. The van der Waals surface area contributed by atoms with Crippen LogP contribution in [0, 0.1) is 0 Å². The minimum atomic E-state index is -0.427. The molecule has 1 aromatic rings. The minimum absolute atomic E-state index is 0. The summed E-state index contributed by atoms with van der Waals surface area (Å²) in [4.78, 5) is 16.2. The summed E-state index contributed by atoms with van der Waals surface area (Å²) in [5, 5.41) is 5.96. The molecule has 0 bridgehead atoms. The number of anilines is 1. The van der Waals surface area contributed by atoms with Crippen molar-refractivity contribution in [3.63, 3.8) is 0 Å². The number of nitrogens with zero attached hydrogens (tertiary/aromatic N) is 1. The van der Waals surface area contributed by atoms with E-state index >= 15 is 0 Å². The van der Waals surface area contributed by atoms with Crippen LogP contribution in [0.25, 0.3) is 0 Å². The summed E-state index contributed by atoms with van der Waals surface area (Å²) in [5.74, 6) is 0.435. The Kier molecular flexibility index (Phi) is 9.57. The Labute approximate surface area is 132 Å². The lowest BCUT2D eigenvalue weighted by molar-refractivity contribution is 0.0946. The van der Waals surface area contributed by atoms with Crippen LogP contribution in [0.5, 0.6) is 0 Å². The standard InChI is InChI=1S/C13H22N4O.2ClH/c1-9(2)17-11-10(6-5-7-15-11)12(18)16-8-13(3,4)14;;/h5-7,9H,8,14H2,1-4H3,(H,15,17)(H,16,18);2*1H. The fourth-order valence-corrected chi connectivity index (χ4v) is 1.38. The molecule has 1 rings (SSSR count). The van der Waals surface area contributed by atoms with E-state index in [0.29, 0.717) is 17.9 Å². The Balaban J connectivity index is 0. The van der Waals surface area contributed by atoms with Crippen LogP contribution in [-0.4, -0.2) is 29.0 Å². The summed E-state index contributed by atoms with van der Waals surface area (Å²) in [7, 11) is 0. The molecule has 0 spiro atoms. The maximum Gasteiger partial charge on any atom is 0.255 e. The third kappa shape index (κ3) is 7.53. The van der Waals surface area contributed by atoms with E-state index in [9.17, 15) is 4.79 Å². The summed E-state index contributed by atoms with van der Waals surface area (Å²) < 4.78 is 0. The molecule has 116 valence electrons. The highest BCUT2D eigenvalue weighted by atomic mass is 35.5. The molecule has 7 heteroatoms. The number of pyridine rings is 1. The second-order valence-electron chi connectivity index (χ2n) is 5.37. The second-order valence-corrected chi connectivity index (χ2v) is 5.37. The number of carbonyl (C=O) groups excluding carboxylic acids is 1. The summed E-state index contributed by atoms with van der Waals surface area (Å²) in [5.41, 5.74) is 5.95. The number of amides is 1. The SMILES string of the molecule is CC(C)Nc1ncccc1C(=O)NCC(C)(C)N.Cl.Cl. The minimum Gasteiger partial charge on any atom is -0.367 e. The first-order valence-electron chi connectivity index (χ1n) is 6.08. The van der Waals surface area contributed by atoms with Gasteiger partial charge in [-0.1, -0.05) is 0 Å². The number of carbonyl (C=O) groups is 1. The molecule has 0 aliphatic heterocycles. The van der Waals surface area contributed by atoms with Crippen molar-refractivity contribution in [1.29, 1.82) is 0 Å². The molecule has 0 aromatic carbocycles. The summed E-state index contributed by atoms with van der Waals surface area (Å²) in [6.45, 7) is 8.15. The highest BCUT2D eigenvalue weighted by molar-refractivity contribution is 5.98. The first-order chi connectivity index (χ1) is 8.29. The highest BCUT2D eigenvalue weighted by Gasteiger charge is 2.16. The van der Waals surface area contributed by atoms with Crippen LogP contribution in [0.3, 0.4) is 0 Å². The number of nitrogens with one attached hydrogen (secondary N) is 2. The van der Waals surface area contributed by atoms with Gasteiger partial charge in [0.2, 0.25) is 0 Å². The zero-order chi connectivity index (χ0) is 13.8. The van der Waals surface area contributed by atoms with Crippen LogP contribution >= 0.6 is 24.8 Å². The molecule has 0 aliphatic carbocycles. The predicted octanol–water partition coefficient (Wildman–Crippen LogP) is 2.21. The van der Waals surface area contributed by atoms with Crippen molar-refractivity contribution in [3.8, 4) is 0 Å². The molecular formula is C13H24Cl2N4O. The van der Waals surface area contributed by atoms with Gasteiger partial charge in [-0.05, 0) is 39.8 Å². The van der Waals surface area contributed by atoms with Crippen molar-refractivity contribution < 1.29 is 4.79 Å². The number of nitrogens with two attached hydrogens (primary N) is 1. The van der Waals surface area contributed by atoms with E-state index in [1.165, 1.54) is 0 Å². The molecular weight excluding hydrogens is 299 g/mol. The van der Waals surface area contributed by atoms with Crippen molar-refractivity contribution in [3.05, 3.63) is 23.9 Å². The van der Waals surface area contributed by atoms with E-state index in [2.05, 4.69) is 15.6 Å². The van der Waals surface area contributed by atoms with Crippen molar-refractivity contribution >= 4 is 36.5 Å². The summed E-state index contributed by atoms with van der Waals surface area (Å²) >= 11 is 0. The predicted molar refractivity (Wildman–Crippen MR) is 88.1 cm³/mol. The van der Waals surface area contributed by atoms with Gasteiger partial charge in [-0.25, -0.2) is 4.98 Å². The zero-order valence-corrected chi connectivity index (χ0v) is 13.9. The van der Waals surface area contributed by atoms with Crippen LogP contribution in [0.4, 0.5) is 5.82 Å². The van der Waals surface area contributed by atoms with Gasteiger partial charge in [-0.3, -0.25) is 4.79 Å². The number of hydrogen-bond donors (Lipinski definition) is 3. The molecule has 0 atom stereocenters. The average Bonchev–Trinajstić information content (AvgIpc) is 2.25.